The summed E-state index contributed by atoms with van der Waals surface area (Å²) in [5.41, 5.74) is 0. The lowest BCUT2D eigenvalue weighted by Gasteiger charge is -2.22. The zero-order chi connectivity index (χ0) is 10.5. The van der Waals surface area contributed by atoms with E-state index in [1.54, 1.807) is 0 Å². The monoisotopic (exact) mass is 211 g/mol. The average molecular weight is 211 g/mol. The summed E-state index contributed by atoms with van der Waals surface area (Å²) in [4.78, 5) is 0. The van der Waals surface area contributed by atoms with Gasteiger partial charge in [-0.15, -0.1) is 0 Å². The minimum absolute atomic E-state index is 0.446. The van der Waals surface area contributed by atoms with Gasteiger partial charge in [-0.05, 0) is 25.7 Å². The first-order valence-corrected chi connectivity index (χ1v) is 6.57. The van der Waals surface area contributed by atoms with E-state index in [-0.39, 0.29) is 0 Å². The van der Waals surface area contributed by atoms with E-state index in [0.29, 0.717) is 12.2 Å². The fourth-order valence-electron chi connectivity index (χ4n) is 2.58. The molecule has 2 rings (SSSR count). The molecule has 0 amide bonds. The Hall–Kier alpha value is -0.0800. The Morgan fingerprint density at radius 1 is 0.867 bits per heavy atom. The molecular formula is C13H23O2. The van der Waals surface area contributed by atoms with Gasteiger partial charge in [0.05, 0.1) is 12.2 Å². The molecule has 2 heteroatoms. The predicted octanol–water partition coefficient (Wildman–Crippen LogP) is 3.80. The lowest BCUT2D eigenvalue weighted by atomic mass is 10.3. The Balaban J connectivity index is 1.70. The molecule has 0 bridgehead atoms. The van der Waals surface area contributed by atoms with Gasteiger partial charge in [-0.25, -0.2) is 0 Å². The highest BCUT2D eigenvalue weighted by atomic mass is 16.7. The lowest BCUT2D eigenvalue weighted by Crippen LogP contribution is -2.20. The van der Waals surface area contributed by atoms with Crippen LogP contribution in [0.4, 0.5) is 0 Å². The zero-order valence-electron chi connectivity index (χ0n) is 9.84. The Morgan fingerprint density at radius 3 is 1.60 bits per heavy atom. The van der Waals surface area contributed by atoms with Crippen molar-refractivity contribution in [2.45, 2.75) is 76.9 Å². The molecule has 0 aliphatic heterocycles. The maximum Gasteiger partial charge on any atom is 0.223 e. The van der Waals surface area contributed by atoms with Crippen molar-refractivity contribution < 1.29 is 9.47 Å². The van der Waals surface area contributed by atoms with E-state index < -0.39 is 0 Å². The molecule has 0 aromatic heterocycles. The van der Waals surface area contributed by atoms with Gasteiger partial charge in [0.2, 0.25) is 6.29 Å². The molecule has 2 aliphatic rings. The summed E-state index contributed by atoms with van der Waals surface area (Å²) in [6, 6.07) is 0. The van der Waals surface area contributed by atoms with Crippen LogP contribution < -0.4 is 0 Å². The van der Waals surface area contributed by atoms with Crippen LogP contribution in [0.2, 0.25) is 0 Å². The van der Waals surface area contributed by atoms with Gasteiger partial charge < -0.3 is 9.47 Å². The normalized spacial score (nSPS) is 24.4. The summed E-state index contributed by atoms with van der Waals surface area (Å²) < 4.78 is 11.8. The number of rotatable bonds is 5. The molecule has 0 N–H and O–H groups in total. The van der Waals surface area contributed by atoms with E-state index in [1.165, 1.54) is 51.4 Å². The Kier molecular flexibility index (Phi) is 4.45. The van der Waals surface area contributed by atoms with Gasteiger partial charge in [-0.2, -0.15) is 0 Å². The quantitative estimate of drug-likeness (QED) is 0.688. The smallest absolute Gasteiger partial charge is 0.223 e. The van der Waals surface area contributed by atoms with Crippen molar-refractivity contribution in [3.63, 3.8) is 0 Å². The largest absolute Gasteiger partial charge is 0.342 e. The van der Waals surface area contributed by atoms with Crippen LogP contribution in [0.5, 0.6) is 0 Å². The SMILES string of the molecule is CC[C](OC1CCCC1)OC1CCCC1. The average Bonchev–Trinajstić information content (AvgIpc) is 2.89. The lowest BCUT2D eigenvalue weighted by molar-refractivity contribution is -0.107. The predicted molar refractivity (Wildman–Crippen MR) is 60.2 cm³/mol. The zero-order valence-corrected chi connectivity index (χ0v) is 9.84. The van der Waals surface area contributed by atoms with Crippen LogP contribution in [0.25, 0.3) is 0 Å². The summed E-state index contributed by atoms with van der Waals surface area (Å²) in [7, 11) is 0. The van der Waals surface area contributed by atoms with E-state index in [2.05, 4.69) is 6.92 Å². The van der Waals surface area contributed by atoms with Crippen molar-refractivity contribution >= 4 is 0 Å². The van der Waals surface area contributed by atoms with Crippen molar-refractivity contribution in [2.75, 3.05) is 0 Å². The molecular weight excluding hydrogens is 188 g/mol. The first kappa shape index (κ1) is 11.4. The van der Waals surface area contributed by atoms with Crippen LogP contribution >= 0.6 is 0 Å². The molecule has 0 heterocycles. The van der Waals surface area contributed by atoms with Gasteiger partial charge in [0.15, 0.2) is 0 Å². The van der Waals surface area contributed by atoms with Crippen LogP contribution in [0.3, 0.4) is 0 Å². The minimum atomic E-state index is 0.446. The second kappa shape index (κ2) is 5.86. The molecule has 2 aliphatic carbocycles. The van der Waals surface area contributed by atoms with Gasteiger partial charge in [-0.3, -0.25) is 0 Å². The Bertz CT molecular complexity index is 151. The van der Waals surface area contributed by atoms with Crippen LogP contribution in [-0.2, 0) is 9.47 Å². The second-order valence-electron chi connectivity index (χ2n) is 4.77. The van der Waals surface area contributed by atoms with Gasteiger partial charge in [-0.1, -0.05) is 32.6 Å². The van der Waals surface area contributed by atoms with E-state index in [9.17, 15) is 0 Å². The molecule has 0 spiro atoms. The summed E-state index contributed by atoms with van der Waals surface area (Å²) in [5, 5.41) is 0. The van der Waals surface area contributed by atoms with Gasteiger partial charge in [0, 0.05) is 6.42 Å². The first-order chi connectivity index (χ1) is 7.38. The van der Waals surface area contributed by atoms with Gasteiger partial charge in [0.1, 0.15) is 0 Å². The third kappa shape index (κ3) is 3.46. The Labute approximate surface area is 93.3 Å². The van der Waals surface area contributed by atoms with E-state index in [4.69, 9.17) is 9.47 Å². The van der Waals surface area contributed by atoms with Crippen LogP contribution in [0.1, 0.15) is 64.7 Å². The molecule has 2 nitrogen and oxygen atoms in total. The molecule has 0 aromatic carbocycles. The summed E-state index contributed by atoms with van der Waals surface area (Å²) >= 11 is 0. The molecule has 15 heavy (non-hydrogen) atoms. The van der Waals surface area contributed by atoms with Crippen molar-refractivity contribution in [3.05, 3.63) is 6.29 Å². The first-order valence-electron chi connectivity index (χ1n) is 6.57. The van der Waals surface area contributed by atoms with Gasteiger partial charge in [0.25, 0.3) is 0 Å². The standard InChI is InChI=1S/C13H23O2/c1-2-13(14-11-7-3-4-8-11)15-12-9-5-6-10-12/h11-12H,2-10H2,1H3. The molecule has 0 atom stereocenters. The summed E-state index contributed by atoms with van der Waals surface area (Å²) in [6.45, 7) is 2.12. The number of hydrogen-bond donors (Lipinski definition) is 0. The molecule has 87 valence electrons. The summed E-state index contributed by atoms with van der Waals surface area (Å²) in [6.07, 6.45) is 12.9. The van der Waals surface area contributed by atoms with Crippen LogP contribution in [-0.4, -0.2) is 12.2 Å². The second-order valence-corrected chi connectivity index (χ2v) is 4.77. The highest BCUT2D eigenvalue weighted by molar-refractivity contribution is 4.76. The van der Waals surface area contributed by atoms with Crippen molar-refractivity contribution in [3.8, 4) is 0 Å². The number of ether oxygens (including phenoxy) is 2. The maximum atomic E-state index is 5.92. The van der Waals surface area contributed by atoms with E-state index >= 15 is 0 Å². The molecule has 0 saturated heterocycles. The topological polar surface area (TPSA) is 18.5 Å². The molecule has 0 aromatic rings. The molecule has 0 unspecified atom stereocenters. The summed E-state index contributed by atoms with van der Waals surface area (Å²) in [5.74, 6) is 0. The highest BCUT2D eigenvalue weighted by Crippen LogP contribution is 2.29. The fourth-order valence-corrected chi connectivity index (χ4v) is 2.58. The van der Waals surface area contributed by atoms with Crippen molar-refractivity contribution in [2.24, 2.45) is 0 Å². The fraction of sp³-hybridized carbons (Fsp3) is 0.923. The van der Waals surface area contributed by atoms with Gasteiger partial charge >= 0.3 is 0 Å². The minimum Gasteiger partial charge on any atom is -0.342 e. The highest BCUT2D eigenvalue weighted by Gasteiger charge is 2.25. The van der Waals surface area contributed by atoms with E-state index in [0.717, 1.165) is 12.7 Å². The molecule has 1 radical (unpaired) electrons. The van der Waals surface area contributed by atoms with Crippen LogP contribution in [0, 0.1) is 6.29 Å². The van der Waals surface area contributed by atoms with Crippen molar-refractivity contribution in [1.29, 1.82) is 0 Å². The third-order valence-corrected chi connectivity index (χ3v) is 3.49. The van der Waals surface area contributed by atoms with Crippen LogP contribution in [0.15, 0.2) is 0 Å². The third-order valence-electron chi connectivity index (χ3n) is 3.49. The van der Waals surface area contributed by atoms with Crippen molar-refractivity contribution in [1.82, 2.24) is 0 Å². The molecule has 2 saturated carbocycles. The maximum absolute atomic E-state index is 5.92. The Morgan fingerprint density at radius 2 is 1.27 bits per heavy atom. The number of hydrogen-bond acceptors (Lipinski definition) is 2. The van der Waals surface area contributed by atoms with E-state index in [1.807, 2.05) is 0 Å². The molecule has 2 fully saturated rings.